The molecule has 0 radical (unpaired) electrons. The van der Waals surface area contributed by atoms with E-state index in [1.165, 1.54) is 24.1 Å². The van der Waals surface area contributed by atoms with Crippen molar-refractivity contribution < 1.29 is 18.0 Å². The molecule has 0 bridgehead atoms. The Labute approximate surface area is 197 Å². The molecule has 0 aliphatic rings. The highest BCUT2D eigenvalue weighted by atomic mass is 32.2. The van der Waals surface area contributed by atoms with Gasteiger partial charge in [0.1, 0.15) is 6.04 Å². The zero-order valence-electron chi connectivity index (χ0n) is 20.3. The number of carbonyl (C=O) groups excluding carboxylic acids is 2. The van der Waals surface area contributed by atoms with E-state index in [-0.39, 0.29) is 29.9 Å². The maximum atomic E-state index is 13.3. The molecule has 180 valence electrons. The lowest BCUT2D eigenvalue weighted by Gasteiger charge is -2.31. The molecule has 2 rings (SSSR count). The van der Waals surface area contributed by atoms with Gasteiger partial charge in [0.25, 0.3) is 0 Å². The molecule has 8 heteroatoms. The molecule has 0 aliphatic heterocycles. The van der Waals surface area contributed by atoms with Crippen LogP contribution in [0.3, 0.4) is 0 Å². The van der Waals surface area contributed by atoms with Crippen LogP contribution in [0.25, 0.3) is 0 Å². The van der Waals surface area contributed by atoms with Gasteiger partial charge in [0, 0.05) is 19.6 Å². The van der Waals surface area contributed by atoms with E-state index in [2.05, 4.69) is 5.32 Å². The third-order valence-electron chi connectivity index (χ3n) is 5.86. The summed E-state index contributed by atoms with van der Waals surface area (Å²) in [5, 5.41) is 2.92. The fourth-order valence-electron chi connectivity index (χ4n) is 3.28. The smallest absolute Gasteiger partial charge is 0.243 e. The average molecular weight is 474 g/mol. The molecule has 0 heterocycles. The molecule has 7 nitrogen and oxygen atoms in total. The molecule has 0 fully saturated rings. The summed E-state index contributed by atoms with van der Waals surface area (Å²) in [6.07, 6.45) is 0.766. The van der Waals surface area contributed by atoms with Crippen molar-refractivity contribution in [1.29, 1.82) is 0 Å². The third-order valence-corrected chi connectivity index (χ3v) is 7.67. The van der Waals surface area contributed by atoms with Crippen LogP contribution in [0.15, 0.2) is 53.4 Å². The lowest BCUT2D eigenvalue weighted by Crippen LogP contribution is -2.52. The monoisotopic (exact) mass is 473 g/mol. The van der Waals surface area contributed by atoms with E-state index >= 15 is 0 Å². The minimum atomic E-state index is -3.85. The molecule has 0 unspecified atom stereocenters. The number of aryl methyl sites for hydroxylation is 2. The molecule has 0 spiro atoms. The van der Waals surface area contributed by atoms with Crippen LogP contribution in [0.1, 0.15) is 43.9 Å². The van der Waals surface area contributed by atoms with Crippen molar-refractivity contribution in [2.24, 2.45) is 0 Å². The van der Waals surface area contributed by atoms with E-state index in [1.54, 1.807) is 19.1 Å². The first kappa shape index (κ1) is 26.5. The number of nitrogens with zero attached hydrogens (tertiary/aromatic N) is 2. The van der Waals surface area contributed by atoms with Gasteiger partial charge >= 0.3 is 0 Å². The molecule has 0 aliphatic carbocycles. The van der Waals surface area contributed by atoms with Crippen LogP contribution < -0.4 is 5.32 Å². The highest BCUT2D eigenvalue weighted by Gasteiger charge is 2.30. The second-order valence-electron chi connectivity index (χ2n) is 8.52. The first-order chi connectivity index (χ1) is 15.5. The van der Waals surface area contributed by atoms with E-state index in [0.29, 0.717) is 0 Å². The van der Waals surface area contributed by atoms with Crippen LogP contribution in [-0.4, -0.2) is 55.1 Å². The normalized spacial score (nSPS) is 13.4. The minimum absolute atomic E-state index is 0.0278. The Kier molecular flexibility index (Phi) is 9.19. The van der Waals surface area contributed by atoms with Crippen molar-refractivity contribution >= 4 is 21.8 Å². The van der Waals surface area contributed by atoms with Crippen LogP contribution in [0.4, 0.5) is 0 Å². The molecule has 1 N–H and O–H groups in total. The Bertz CT molecular complexity index is 1070. The standard InChI is InChI=1S/C25H35N3O4S/c1-7-20(4)26-25(30)21(5)28(16-22-11-9-8-10-19(22)3)24(29)17-27(6)33(31,32)23-14-12-18(2)13-15-23/h8-15,20-21H,7,16-17H2,1-6H3,(H,26,30)/t20-,21+/m1/s1. The van der Waals surface area contributed by atoms with E-state index in [0.717, 1.165) is 27.4 Å². The number of hydrogen-bond donors (Lipinski definition) is 1. The Morgan fingerprint density at radius 2 is 1.61 bits per heavy atom. The summed E-state index contributed by atoms with van der Waals surface area (Å²) in [6, 6.07) is 13.3. The maximum absolute atomic E-state index is 13.3. The van der Waals surface area contributed by atoms with Gasteiger partial charge in [-0.15, -0.1) is 0 Å². The lowest BCUT2D eigenvalue weighted by molar-refractivity contribution is -0.140. The molecule has 2 atom stereocenters. The van der Waals surface area contributed by atoms with Gasteiger partial charge in [0.2, 0.25) is 21.8 Å². The summed E-state index contributed by atoms with van der Waals surface area (Å²) in [5.41, 5.74) is 2.83. The molecular formula is C25H35N3O4S. The van der Waals surface area contributed by atoms with Gasteiger partial charge in [-0.2, -0.15) is 4.31 Å². The number of amides is 2. The van der Waals surface area contributed by atoms with Crippen molar-refractivity contribution in [3.05, 3.63) is 65.2 Å². The SMILES string of the molecule is CC[C@@H](C)NC(=O)[C@H](C)N(Cc1ccccc1C)C(=O)CN(C)S(=O)(=O)c1ccc(C)cc1. The summed E-state index contributed by atoms with van der Waals surface area (Å²) in [5.74, 6) is -0.710. The van der Waals surface area contributed by atoms with Gasteiger partial charge in [0.05, 0.1) is 11.4 Å². The average Bonchev–Trinajstić information content (AvgIpc) is 2.78. The highest BCUT2D eigenvalue weighted by molar-refractivity contribution is 7.89. The maximum Gasteiger partial charge on any atom is 0.243 e. The lowest BCUT2D eigenvalue weighted by atomic mass is 10.1. The van der Waals surface area contributed by atoms with Gasteiger partial charge in [-0.3, -0.25) is 9.59 Å². The first-order valence-electron chi connectivity index (χ1n) is 11.1. The van der Waals surface area contributed by atoms with Gasteiger partial charge < -0.3 is 10.2 Å². The fraction of sp³-hybridized carbons (Fsp3) is 0.440. The number of sulfonamides is 1. The Morgan fingerprint density at radius 3 is 2.18 bits per heavy atom. The zero-order chi connectivity index (χ0) is 24.8. The van der Waals surface area contributed by atoms with Crippen LogP contribution in [0.5, 0.6) is 0 Å². The van der Waals surface area contributed by atoms with Gasteiger partial charge in [-0.25, -0.2) is 8.42 Å². The minimum Gasteiger partial charge on any atom is -0.352 e. The summed E-state index contributed by atoms with van der Waals surface area (Å²) in [7, 11) is -2.47. The summed E-state index contributed by atoms with van der Waals surface area (Å²) in [4.78, 5) is 27.7. The van der Waals surface area contributed by atoms with Gasteiger partial charge in [-0.05, 0) is 57.4 Å². The number of likely N-dealkylation sites (N-methyl/N-ethyl adjacent to an activating group) is 1. The number of nitrogens with one attached hydrogen (secondary N) is 1. The van der Waals surface area contributed by atoms with Crippen molar-refractivity contribution in [3.63, 3.8) is 0 Å². The van der Waals surface area contributed by atoms with Crippen LogP contribution in [-0.2, 0) is 26.2 Å². The molecule has 0 aromatic heterocycles. The van der Waals surface area contributed by atoms with E-state index in [1.807, 2.05) is 52.0 Å². The van der Waals surface area contributed by atoms with E-state index in [4.69, 9.17) is 0 Å². The number of rotatable bonds is 10. The molecule has 0 saturated carbocycles. The number of carbonyl (C=O) groups is 2. The Hall–Kier alpha value is -2.71. The molecule has 33 heavy (non-hydrogen) atoms. The highest BCUT2D eigenvalue weighted by Crippen LogP contribution is 2.18. The fourth-order valence-corrected chi connectivity index (χ4v) is 4.40. The zero-order valence-corrected chi connectivity index (χ0v) is 21.1. The van der Waals surface area contributed by atoms with Crippen molar-refractivity contribution in [2.75, 3.05) is 13.6 Å². The molecule has 2 aromatic rings. The summed E-state index contributed by atoms with van der Waals surface area (Å²) >= 11 is 0. The van der Waals surface area contributed by atoms with Crippen molar-refractivity contribution in [1.82, 2.24) is 14.5 Å². The van der Waals surface area contributed by atoms with Crippen LogP contribution in [0.2, 0.25) is 0 Å². The summed E-state index contributed by atoms with van der Waals surface area (Å²) < 4.78 is 27.0. The topological polar surface area (TPSA) is 86.8 Å². The van der Waals surface area contributed by atoms with E-state index in [9.17, 15) is 18.0 Å². The van der Waals surface area contributed by atoms with Crippen molar-refractivity contribution in [2.45, 2.75) is 64.6 Å². The second-order valence-corrected chi connectivity index (χ2v) is 10.6. The molecule has 0 saturated heterocycles. The number of hydrogen-bond acceptors (Lipinski definition) is 4. The third kappa shape index (κ3) is 6.88. The van der Waals surface area contributed by atoms with Gasteiger partial charge in [-0.1, -0.05) is 48.9 Å². The molecule has 2 amide bonds. The van der Waals surface area contributed by atoms with Crippen LogP contribution >= 0.6 is 0 Å². The summed E-state index contributed by atoms with van der Waals surface area (Å²) in [6.45, 7) is 9.19. The second kappa shape index (κ2) is 11.4. The first-order valence-corrected chi connectivity index (χ1v) is 12.6. The van der Waals surface area contributed by atoms with Crippen molar-refractivity contribution in [3.8, 4) is 0 Å². The molecule has 2 aromatic carbocycles. The number of benzene rings is 2. The Balaban J connectivity index is 2.29. The largest absolute Gasteiger partial charge is 0.352 e. The predicted molar refractivity (Wildman–Crippen MR) is 130 cm³/mol. The van der Waals surface area contributed by atoms with Crippen LogP contribution in [0, 0.1) is 13.8 Å². The predicted octanol–water partition coefficient (Wildman–Crippen LogP) is 3.26. The quantitative estimate of drug-likeness (QED) is 0.574. The van der Waals surface area contributed by atoms with E-state index < -0.39 is 22.0 Å². The van der Waals surface area contributed by atoms with Gasteiger partial charge in [0.15, 0.2) is 0 Å². The Morgan fingerprint density at radius 1 is 1.00 bits per heavy atom. The molecular weight excluding hydrogens is 438 g/mol.